The minimum absolute atomic E-state index is 0.399. The molecule has 1 N–H and O–H groups in total. The van der Waals surface area contributed by atoms with Gasteiger partial charge in [-0.05, 0) is 36.1 Å². The van der Waals surface area contributed by atoms with Gasteiger partial charge in [-0.25, -0.2) is 4.79 Å². The molecule has 84 valence electrons. The number of hydrogen-bond donors (Lipinski definition) is 1. The molecule has 0 aliphatic carbocycles. The Morgan fingerprint density at radius 3 is 1.73 bits per heavy atom. The van der Waals surface area contributed by atoms with E-state index >= 15 is 0 Å². The van der Waals surface area contributed by atoms with Gasteiger partial charge in [-0.3, -0.25) is 0 Å². The fraction of sp³-hybridized carbons (Fsp3) is 0.462. The number of carboxylic acids is 1. The molecule has 2 nitrogen and oxygen atoms in total. The molecule has 0 aromatic heterocycles. The number of carbonyl (C=O) groups is 1. The highest BCUT2D eigenvalue weighted by Gasteiger charge is 2.04. The number of benzene rings is 1. The fourth-order valence-electron chi connectivity index (χ4n) is 1.29. The van der Waals surface area contributed by atoms with E-state index in [1.54, 1.807) is 12.1 Å². The summed E-state index contributed by atoms with van der Waals surface area (Å²) in [4.78, 5) is 10.7. The van der Waals surface area contributed by atoms with E-state index in [2.05, 4.69) is 6.07 Å². The van der Waals surface area contributed by atoms with Crippen molar-refractivity contribution in [2.24, 2.45) is 0 Å². The van der Waals surface area contributed by atoms with E-state index in [9.17, 15) is 4.79 Å². The van der Waals surface area contributed by atoms with Crippen LogP contribution in [0.25, 0.3) is 0 Å². The molecule has 0 heterocycles. The van der Waals surface area contributed by atoms with Gasteiger partial charge in [0.05, 0.1) is 5.56 Å². The maximum Gasteiger partial charge on any atom is 0.335 e. The third-order valence-corrected chi connectivity index (χ3v) is 2.12. The van der Waals surface area contributed by atoms with Crippen LogP contribution in [0.4, 0.5) is 0 Å². The van der Waals surface area contributed by atoms with Crippen LogP contribution >= 0.6 is 0 Å². The summed E-state index contributed by atoms with van der Waals surface area (Å²) in [5.41, 5.74) is 2.59. The fourth-order valence-corrected chi connectivity index (χ4v) is 1.29. The van der Waals surface area contributed by atoms with Crippen LogP contribution in [0.5, 0.6) is 0 Å². The van der Waals surface area contributed by atoms with Gasteiger partial charge in [-0.1, -0.05) is 33.8 Å². The summed E-state index contributed by atoms with van der Waals surface area (Å²) in [5.74, 6) is -0.843. The molecule has 0 bridgehead atoms. The molecule has 0 fully saturated rings. The first-order valence-electron chi connectivity index (χ1n) is 5.53. The van der Waals surface area contributed by atoms with Gasteiger partial charge in [-0.2, -0.15) is 0 Å². The molecular weight excluding hydrogens is 188 g/mol. The van der Waals surface area contributed by atoms with Crippen molar-refractivity contribution >= 4 is 5.97 Å². The van der Waals surface area contributed by atoms with Crippen molar-refractivity contribution in [3.63, 3.8) is 0 Å². The summed E-state index contributed by atoms with van der Waals surface area (Å²) in [6.07, 6.45) is 1.77. The van der Waals surface area contributed by atoms with Gasteiger partial charge in [0.1, 0.15) is 0 Å². The Kier molecular flexibility index (Phi) is 6.43. The summed E-state index contributed by atoms with van der Waals surface area (Å²) in [6.45, 7) is 8.06. The normalized spacial score (nSPS) is 9.07. The van der Waals surface area contributed by atoms with Crippen molar-refractivity contribution in [1.82, 2.24) is 0 Å². The number of aromatic carboxylic acids is 1. The molecule has 0 amide bonds. The van der Waals surface area contributed by atoms with E-state index < -0.39 is 5.97 Å². The summed E-state index contributed by atoms with van der Waals surface area (Å²) in [5, 5.41) is 8.82. The number of aryl methyl sites for hydroxylation is 2. The highest BCUT2D eigenvalue weighted by atomic mass is 16.4. The topological polar surface area (TPSA) is 37.3 Å². The Bertz CT molecular complexity index is 294. The molecule has 0 radical (unpaired) electrons. The first-order valence-corrected chi connectivity index (χ1v) is 5.53. The van der Waals surface area contributed by atoms with E-state index in [1.165, 1.54) is 0 Å². The first kappa shape index (κ1) is 13.7. The van der Waals surface area contributed by atoms with Crippen LogP contribution in [-0.2, 0) is 12.8 Å². The molecule has 0 aliphatic heterocycles. The largest absolute Gasteiger partial charge is 0.478 e. The van der Waals surface area contributed by atoms with Crippen LogP contribution in [0.1, 0.15) is 49.2 Å². The Morgan fingerprint density at radius 2 is 1.47 bits per heavy atom. The number of rotatable bonds is 3. The predicted molar refractivity (Wildman–Crippen MR) is 63.5 cm³/mol. The van der Waals surface area contributed by atoms with Crippen molar-refractivity contribution < 1.29 is 9.90 Å². The average molecular weight is 208 g/mol. The highest BCUT2D eigenvalue weighted by Crippen LogP contribution is 2.11. The van der Waals surface area contributed by atoms with E-state index in [-0.39, 0.29) is 0 Å². The maximum atomic E-state index is 10.7. The zero-order chi connectivity index (χ0) is 11.8. The maximum absolute atomic E-state index is 10.7. The molecule has 0 saturated heterocycles. The van der Waals surface area contributed by atoms with Crippen LogP contribution in [0.15, 0.2) is 18.2 Å². The van der Waals surface area contributed by atoms with E-state index in [4.69, 9.17) is 5.11 Å². The van der Waals surface area contributed by atoms with Gasteiger partial charge in [0.2, 0.25) is 0 Å². The Hall–Kier alpha value is -1.31. The molecule has 0 atom stereocenters. The van der Waals surface area contributed by atoms with Gasteiger partial charge in [0, 0.05) is 0 Å². The van der Waals surface area contributed by atoms with Gasteiger partial charge < -0.3 is 5.11 Å². The minimum Gasteiger partial charge on any atom is -0.478 e. The zero-order valence-electron chi connectivity index (χ0n) is 10.0. The lowest BCUT2D eigenvalue weighted by molar-refractivity contribution is 0.0696. The molecule has 2 heteroatoms. The quantitative estimate of drug-likeness (QED) is 0.825. The SMILES string of the molecule is CC.CCc1cc(CC)cc(C(=O)O)c1. The molecule has 0 aliphatic rings. The van der Waals surface area contributed by atoms with Gasteiger partial charge in [-0.15, -0.1) is 0 Å². The lowest BCUT2D eigenvalue weighted by Gasteiger charge is -2.03. The van der Waals surface area contributed by atoms with Gasteiger partial charge in [0.15, 0.2) is 0 Å². The minimum atomic E-state index is -0.843. The second kappa shape index (κ2) is 7.04. The van der Waals surface area contributed by atoms with Crippen molar-refractivity contribution in [3.8, 4) is 0 Å². The van der Waals surface area contributed by atoms with Crippen LogP contribution < -0.4 is 0 Å². The van der Waals surface area contributed by atoms with Gasteiger partial charge >= 0.3 is 5.97 Å². The second-order valence-corrected chi connectivity index (χ2v) is 3.05. The average Bonchev–Trinajstić information content (AvgIpc) is 2.30. The smallest absolute Gasteiger partial charge is 0.335 e. The Balaban J connectivity index is 0.000000921. The standard InChI is InChI=1S/C11H14O2.C2H6/c1-3-8-5-9(4-2)7-10(6-8)11(12)13;1-2/h5-7H,3-4H2,1-2H3,(H,12,13);1-2H3. The second-order valence-electron chi connectivity index (χ2n) is 3.05. The lowest BCUT2D eigenvalue weighted by atomic mass is 10.0. The third-order valence-electron chi connectivity index (χ3n) is 2.12. The van der Waals surface area contributed by atoms with Crippen LogP contribution in [0, 0.1) is 0 Å². The molecule has 15 heavy (non-hydrogen) atoms. The molecule has 0 spiro atoms. The summed E-state index contributed by atoms with van der Waals surface area (Å²) in [7, 11) is 0. The first-order chi connectivity index (χ1) is 7.17. The Morgan fingerprint density at radius 1 is 1.07 bits per heavy atom. The molecular formula is C13H20O2. The predicted octanol–water partition coefficient (Wildman–Crippen LogP) is 3.54. The van der Waals surface area contributed by atoms with Crippen LogP contribution in [0.3, 0.4) is 0 Å². The van der Waals surface area contributed by atoms with Crippen molar-refractivity contribution in [3.05, 3.63) is 34.9 Å². The van der Waals surface area contributed by atoms with Crippen molar-refractivity contribution in [1.29, 1.82) is 0 Å². The number of hydrogen-bond acceptors (Lipinski definition) is 1. The van der Waals surface area contributed by atoms with Gasteiger partial charge in [0.25, 0.3) is 0 Å². The van der Waals surface area contributed by atoms with E-state index in [1.807, 2.05) is 27.7 Å². The summed E-state index contributed by atoms with van der Waals surface area (Å²) < 4.78 is 0. The molecule has 1 aromatic carbocycles. The summed E-state index contributed by atoms with van der Waals surface area (Å²) in [6, 6.07) is 5.54. The lowest BCUT2D eigenvalue weighted by Crippen LogP contribution is -1.99. The van der Waals surface area contributed by atoms with Crippen molar-refractivity contribution in [2.75, 3.05) is 0 Å². The Labute approximate surface area is 91.9 Å². The van der Waals surface area contributed by atoms with Crippen LogP contribution in [-0.4, -0.2) is 11.1 Å². The third kappa shape index (κ3) is 4.15. The number of carboxylic acid groups (broad SMARTS) is 1. The molecule has 1 aromatic rings. The van der Waals surface area contributed by atoms with Crippen molar-refractivity contribution in [2.45, 2.75) is 40.5 Å². The molecule has 0 unspecified atom stereocenters. The zero-order valence-corrected chi connectivity index (χ0v) is 10.0. The van der Waals surface area contributed by atoms with E-state index in [0.29, 0.717) is 5.56 Å². The summed E-state index contributed by atoms with van der Waals surface area (Å²) >= 11 is 0. The molecule has 1 rings (SSSR count). The monoisotopic (exact) mass is 208 g/mol. The highest BCUT2D eigenvalue weighted by molar-refractivity contribution is 5.88. The van der Waals surface area contributed by atoms with E-state index in [0.717, 1.165) is 24.0 Å². The van der Waals surface area contributed by atoms with Crippen LogP contribution in [0.2, 0.25) is 0 Å². The molecule has 0 saturated carbocycles.